The van der Waals surface area contributed by atoms with Crippen LogP contribution in [0.4, 0.5) is 0 Å². The molecule has 1 heterocycles. The van der Waals surface area contributed by atoms with E-state index in [2.05, 4.69) is 17.0 Å². The Balaban J connectivity index is 1.84. The lowest BCUT2D eigenvalue weighted by atomic mass is 9.87. The van der Waals surface area contributed by atoms with Gasteiger partial charge in [-0.1, -0.05) is 6.42 Å². The van der Waals surface area contributed by atoms with E-state index in [1.807, 2.05) is 24.1 Å². The fourth-order valence-electron chi connectivity index (χ4n) is 2.55. The van der Waals surface area contributed by atoms with Crippen molar-refractivity contribution in [2.45, 2.75) is 32.2 Å². The number of nitrogens with zero attached hydrogens (tertiary/aromatic N) is 3. The second-order valence-corrected chi connectivity index (χ2v) is 5.13. The van der Waals surface area contributed by atoms with Gasteiger partial charge in [0.1, 0.15) is 5.78 Å². The average Bonchev–Trinajstić information content (AvgIpc) is 2.67. The van der Waals surface area contributed by atoms with Gasteiger partial charge in [0, 0.05) is 44.2 Å². The van der Waals surface area contributed by atoms with Crippen molar-refractivity contribution in [3.63, 3.8) is 0 Å². The molecular weight excluding hydrogens is 214 g/mol. The number of aryl methyl sites for hydroxylation is 1. The van der Waals surface area contributed by atoms with E-state index in [0.29, 0.717) is 5.78 Å². The number of carbonyl (C=O) groups is 1. The molecule has 1 aromatic heterocycles. The molecule has 4 heteroatoms. The minimum atomic E-state index is 0.255. The normalized spacial score (nSPS) is 21.1. The molecule has 1 aliphatic carbocycles. The first-order valence-electron chi connectivity index (χ1n) is 6.34. The number of aromatic nitrogens is 2. The van der Waals surface area contributed by atoms with Crippen molar-refractivity contribution in [3.05, 3.63) is 18.0 Å². The van der Waals surface area contributed by atoms with Crippen LogP contribution in [0.15, 0.2) is 12.4 Å². The van der Waals surface area contributed by atoms with Crippen molar-refractivity contribution in [2.75, 3.05) is 13.6 Å². The molecule has 0 amide bonds. The van der Waals surface area contributed by atoms with Gasteiger partial charge >= 0.3 is 0 Å². The highest BCUT2D eigenvalue weighted by molar-refractivity contribution is 5.81. The fraction of sp³-hybridized carbons (Fsp3) is 0.692. The van der Waals surface area contributed by atoms with E-state index in [1.165, 1.54) is 12.0 Å². The van der Waals surface area contributed by atoms with Crippen LogP contribution >= 0.6 is 0 Å². The molecule has 0 spiro atoms. The number of carbonyl (C=O) groups excluding carboxylic acids is 1. The van der Waals surface area contributed by atoms with Crippen LogP contribution in [0, 0.1) is 5.92 Å². The predicted molar refractivity (Wildman–Crippen MR) is 66.5 cm³/mol. The molecule has 94 valence electrons. The first-order valence-corrected chi connectivity index (χ1v) is 6.34. The molecule has 0 N–H and O–H groups in total. The first-order chi connectivity index (χ1) is 8.15. The van der Waals surface area contributed by atoms with Gasteiger partial charge in [0.15, 0.2) is 0 Å². The molecule has 1 saturated carbocycles. The Hall–Kier alpha value is -1.16. The highest BCUT2D eigenvalue weighted by atomic mass is 16.1. The summed E-state index contributed by atoms with van der Waals surface area (Å²) < 4.78 is 1.81. The van der Waals surface area contributed by atoms with Crippen molar-refractivity contribution in [2.24, 2.45) is 13.0 Å². The molecule has 1 fully saturated rings. The number of ketones is 1. The van der Waals surface area contributed by atoms with E-state index in [4.69, 9.17) is 0 Å². The quantitative estimate of drug-likeness (QED) is 0.796. The standard InChI is InChI=1S/C13H21N3O/c1-15(8-11-7-14-16(2)9-11)10-12-5-3-4-6-13(12)17/h7,9,12H,3-6,8,10H2,1-2H3. The van der Waals surface area contributed by atoms with E-state index >= 15 is 0 Å². The van der Waals surface area contributed by atoms with Gasteiger partial charge in [0.05, 0.1) is 6.20 Å². The maximum atomic E-state index is 11.7. The molecule has 0 aliphatic heterocycles. The zero-order chi connectivity index (χ0) is 12.3. The van der Waals surface area contributed by atoms with Crippen molar-refractivity contribution < 1.29 is 4.79 Å². The maximum absolute atomic E-state index is 11.7. The third-order valence-electron chi connectivity index (χ3n) is 3.42. The van der Waals surface area contributed by atoms with Crippen LogP contribution in [-0.4, -0.2) is 34.1 Å². The summed E-state index contributed by atoms with van der Waals surface area (Å²) in [6.45, 7) is 1.76. The molecule has 1 unspecified atom stereocenters. The Labute approximate surface area is 103 Å². The van der Waals surface area contributed by atoms with E-state index in [1.54, 1.807) is 0 Å². The van der Waals surface area contributed by atoms with E-state index < -0.39 is 0 Å². The number of rotatable bonds is 4. The lowest BCUT2D eigenvalue weighted by molar-refractivity contribution is -0.125. The summed E-state index contributed by atoms with van der Waals surface area (Å²) in [7, 11) is 4.00. The first kappa shape index (κ1) is 12.3. The topological polar surface area (TPSA) is 38.1 Å². The van der Waals surface area contributed by atoms with Gasteiger partial charge < -0.3 is 4.90 Å². The second-order valence-electron chi connectivity index (χ2n) is 5.13. The minimum Gasteiger partial charge on any atom is -0.301 e. The molecule has 2 rings (SSSR count). The van der Waals surface area contributed by atoms with Crippen LogP contribution in [0.3, 0.4) is 0 Å². The lowest BCUT2D eigenvalue weighted by Gasteiger charge is -2.25. The largest absolute Gasteiger partial charge is 0.301 e. The van der Waals surface area contributed by atoms with E-state index in [9.17, 15) is 4.79 Å². The molecule has 4 nitrogen and oxygen atoms in total. The predicted octanol–water partition coefficient (Wildman–Crippen LogP) is 1.61. The van der Waals surface area contributed by atoms with Gasteiger partial charge in [-0.15, -0.1) is 0 Å². The highest BCUT2D eigenvalue weighted by Gasteiger charge is 2.23. The monoisotopic (exact) mass is 235 g/mol. The van der Waals surface area contributed by atoms with Crippen LogP contribution in [0.1, 0.15) is 31.2 Å². The summed E-state index contributed by atoms with van der Waals surface area (Å²) in [5, 5.41) is 4.15. The zero-order valence-corrected chi connectivity index (χ0v) is 10.7. The van der Waals surface area contributed by atoms with Crippen LogP contribution in [0.5, 0.6) is 0 Å². The van der Waals surface area contributed by atoms with E-state index in [-0.39, 0.29) is 5.92 Å². The third-order valence-corrected chi connectivity index (χ3v) is 3.42. The molecule has 0 radical (unpaired) electrons. The molecule has 0 saturated heterocycles. The van der Waals surface area contributed by atoms with Crippen molar-refractivity contribution in [1.82, 2.24) is 14.7 Å². The average molecular weight is 235 g/mol. The van der Waals surface area contributed by atoms with Crippen molar-refractivity contribution in [1.29, 1.82) is 0 Å². The van der Waals surface area contributed by atoms with Crippen LogP contribution in [0.2, 0.25) is 0 Å². The van der Waals surface area contributed by atoms with Gasteiger partial charge in [0.25, 0.3) is 0 Å². The van der Waals surface area contributed by atoms with Gasteiger partial charge in [-0.3, -0.25) is 9.48 Å². The minimum absolute atomic E-state index is 0.255. The molecule has 1 aromatic rings. The Morgan fingerprint density at radius 2 is 2.35 bits per heavy atom. The van der Waals surface area contributed by atoms with Gasteiger partial charge in [0.2, 0.25) is 0 Å². The Kier molecular flexibility index (Phi) is 3.94. The highest BCUT2D eigenvalue weighted by Crippen LogP contribution is 2.21. The number of Topliss-reactive ketones (excluding diaryl/α,β-unsaturated/α-hetero) is 1. The van der Waals surface area contributed by atoms with Crippen LogP contribution < -0.4 is 0 Å². The fourth-order valence-corrected chi connectivity index (χ4v) is 2.55. The molecule has 17 heavy (non-hydrogen) atoms. The SMILES string of the molecule is CN(Cc1cnn(C)c1)CC1CCCCC1=O. The summed E-state index contributed by atoms with van der Waals surface area (Å²) in [6.07, 6.45) is 8.05. The van der Waals surface area contributed by atoms with Crippen molar-refractivity contribution >= 4 is 5.78 Å². The van der Waals surface area contributed by atoms with Gasteiger partial charge in [-0.2, -0.15) is 5.10 Å². The Morgan fingerprint density at radius 1 is 1.53 bits per heavy atom. The van der Waals surface area contributed by atoms with E-state index in [0.717, 1.165) is 32.4 Å². The Morgan fingerprint density at radius 3 is 3.00 bits per heavy atom. The summed E-state index contributed by atoms with van der Waals surface area (Å²) in [5.41, 5.74) is 1.21. The second kappa shape index (κ2) is 5.45. The third kappa shape index (κ3) is 3.40. The van der Waals surface area contributed by atoms with Crippen LogP contribution in [0.25, 0.3) is 0 Å². The van der Waals surface area contributed by atoms with Gasteiger partial charge in [-0.05, 0) is 19.9 Å². The summed E-state index contributed by atoms with van der Waals surface area (Å²) in [6, 6.07) is 0. The summed E-state index contributed by atoms with van der Waals surface area (Å²) >= 11 is 0. The summed E-state index contributed by atoms with van der Waals surface area (Å²) in [4.78, 5) is 14.0. The molecule has 0 bridgehead atoms. The molecule has 0 aromatic carbocycles. The Bertz CT molecular complexity index is 386. The molecular formula is C13H21N3O. The lowest BCUT2D eigenvalue weighted by Crippen LogP contribution is -2.31. The molecule has 1 atom stereocenters. The molecule has 1 aliphatic rings. The smallest absolute Gasteiger partial charge is 0.137 e. The zero-order valence-electron chi connectivity index (χ0n) is 10.7. The number of hydrogen-bond acceptors (Lipinski definition) is 3. The maximum Gasteiger partial charge on any atom is 0.137 e. The van der Waals surface area contributed by atoms with Crippen LogP contribution in [-0.2, 0) is 18.4 Å². The van der Waals surface area contributed by atoms with Crippen molar-refractivity contribution in [3.8, 4) is 0 Å². The number of hydrogen-bond donors (Lipinski definition) is 0. The summed E-state index contributed by atoms with van der Waals surface area (Å²) in [5.74, 6) is 0.708. The van der Waals surface area contributed by atoms with Gasteiger partial charge in [-0.25, -0.2) is 0 Å².